The summed E-state index contributed by atoms with van der Waals surface area (Å²) in [6.45, 7) is 1.89. The summed E-state index contributed by atoms with van der Waals surface area (Å²) < 4.78 is 15.9. The molecule has 0 aliphatic rings. The summed E-state index contributed by atoms with van der Waals surface area (Å²) in [5.74, 6) is -0.321. The molecule has 18 heavy (non-hydrogen) atoms. The number of nitrogens with zero attached hydrogens (tertiary/aromatic N) is 2. The van der Waals surface area contributed by atoms with Gasteiger partial charge in [-0.1, -0.05) is 12.1 Å². The van der Waals surface area contributed by atoms with Gasteiger partial charge in [0.25, 0.3) is 0 Å². The zero-order chi connectivity index (χ0) is 12.7. The van der Waals surface area contributed by atoms with Crippen molar-refractivity contribution < 1.29 is 4.39 Å². The Hall–Kier alpha value is -2.01. The van der Waals surface area contributed by atoms with Gasteiger partial charge in [0, 0.05) is 5.69 Å². The van der Waals surface area contributed by atoms with Crippen LogP contribution >= 0.6 is 12.2 Å². The molecule has 0 radical (unpaired) electrons. The van der Waals surface area contributed by atoms with Crippen LogP contribution in [0.3, 0.4) is 0 Å². The summed E-state index contributed by atoms with van der Waals surface area (Å²) in [6, 6.07) is 10.3. The van der Waals surface area contributed by atoms with Gasteiger partial charge in [-0.05, 0) is 43.4 Å². The molecule has 0 fully saturated rings. The van der Waals surface area contributed by atoms with Crippen LogP contribution in [0.25, 0.3) is 16.9 Å². The molecule has 3 aromatic rings. The predicted molar refractivity (Wildman–Crippen MR) is 70.9 cm³/mol. The number of aromatic nitrogens is 3. The Labute approximate surface area is 108 Å². The van der Waals surface area contributed by atoms with Crippen molar-refractivity contribution in [2.24, 2.45) is 0 Å². The Morgan fingerprint density at radius 2 is 2.00 bits per heavy atom. The van der Waals surface area contributed by atoms with E-state index in [1.54, 1.807) is 22.8 Å². The number of benzene rings is 1. The highest BCUT2D eigenvalue weighted by Crippen LogP contribution is 2.20. The van der Waals surface area contributed by atoms with E-state index in [9.17, 15) is 4.39 Å². The fourth-order valence-corrected chi connectivity index (χ4v) is 2.23. The van der Waals surface area contributed by atoms with E-state index in [-0.39, 0.29) is 5.82 Å². The second-order valence-electron chi connectivity index (χ2n) is 4.04. The number of aromatic amines is 1. The van der Waals surface area contributed by atoms with Crippen molar-refractivity contribution in [2.75, 3.05) is 0 Å². The van der Waals surface area contributed by atoms with Crippen molar-refractivity contribution in [1.29, 1.82) is 0 Å². The lowest BCUT2D eigenvalue weighted by Gasteiger charge is -2.05. The molecule has 0 bridgehead atoms. The standard InChI is InChI=1S/C13H10FN3S/c1-8-6-7-10-12(15-8)17(13(18)16-10)11-5-3-2-4-9(11)14/h2-7H,1H3,(H,16,18). The number of para-hydroxylation sites is 1. The number of rotatable bonds is 1. The molecular formula is C13H10FN3S. The first-order valence-electron chi connectivity index (χ1n) is 5.50. The van der Waals surface area contributed by atoms with Crippen molar-refractivity contribution in [3.05, 3.63) is 52.7 Å². The third-order valence-electron chi connectivity index (χ3n) is 2.76. The van der Waals surface area contributed by atoms with E-state index in [1.807, 2.05) is 19.1 Å². The number of fused-ring (bicyclic) bond motifs is 1. The molecule has 2 aromatic heterocycles. The minimum atomic E-state index is -0.321. The Morgan fingerprint density at radius 1 is 1.22 bits per heavy atom. The number of imidazole rings is 1. The second kappa shape index (κ2) is 4.03. The normalized spacial score (nSPS) is 11.0. The third kappa shape index (κ3) is 1.64. The number of nitrogens with one attached hydrogen (secondary N) is 1. The van der Waals surface area contributed by atoms with Gasteiger partial charge >= 0.3 is 0 Å². The zero-order valence-corrected chi connectivity index (χ0v) is 10.5. The summed E-state index contributed by atoms with van der Waals surface area (Å²) in [4.78, 5) is 7.44. The first-order chi connectivity index (χ1) is 8.66. The first-order valence-corrected chi connectivity index (χ1v) is 5.91. The molecule has 0 aliphatic carbocycles. The molecule has 3 rings (SSSR count). The monoisotopic (exact) mass is 259 g/mol. The highest BCUT2D eigenvalue weighted by molar-refractivity contribution is 7.71. The molecule has 0 saturated heterocycles. The van der Waals surface area contributed by atoms with Crippen LogP contribution in [0.1, 0.15) is 5.69 Å². The van der Waals surface area contributed by atoms with Crippen LogP contribution in [0.15, 0.2) is 36.4 Å². The van der Waals surface area contributed by atoms with Crippen LogP contribution in [-0.2, 0) is 0 Å². The number of hydrogen-bond acceptors (Lipinski definition) is 2. The van der Waals surface area contributed by atoms with Crippen molar-refractivity contribution in [2.45, 2.75) is 6.92 Å². The molecule has 0 aliphatic heterocycles. The molecule has 0 spiro atoms. The van der Waals surface area contributed by atoms with Crippen molar-refractivity contribution in [1.82, 2.24) is 14.5 Å². The number of aryl methyl sites for hydroxylation is 1. The maximum atomic E-state index is 13.9. The van der Waals surface area contributed by atoms with E-state index in [1.165, 1.54) is 6.07 Å². The third-order valence-corrected chi connectivity index (χ3v) is 3.05. The summed E-state index contributed by atoms with van der Waals surface area (Å²) >= 11 is 5.24. The Kier molecular flexibility index (Phi) is 2.48. The fraction of sp³-hybridized carbons (Fsp3) is 0.0769. The fourth-order valence-electron chi connectivity index (χ4n) is 1.93. The lowest BCUT2D eigenvalue weighted by molar-refractivity contribution is 0.618. The number of hydrogen-bond donors (Lipinski definition) is 1. The summed E-state index contributed by atoms with van der Waals surface area (Å²) in [7, 11) is 0. The Bertz CT molecular complexity index is 788. The maximum Gasteiger partial charge on any atom is 0.184 e. The molecule has 5 heteroatoms. The molecule has 0 saturated carbocycles. The average molecular weight is 259 g/mol. The van der Waals surface area contributed by atoms with Crippen LogP contribution in [0.4, 0.5) is 4.39 Å². The highest BCUT2D eigenvalue weighted by Gasteiger charge is 2.11. The van der Waals surface area contributed by atoms with Crippen molar-refractivity contribution >= 4 is 23.4 Å². The van der Waals surface area contributed by atoms with E-state index in [0.717, 1.165) is 11.2 Å². The van der Waals surface area contributed by atoms with Gasteiger partial charge < -0.3 is 4.98 Å². The van der Waals surface area contributed by atoms with E-state index in [0.29, 0.717) is 16.1 Å². The predicted octanol–water partition coefficient (Wildman–Crippen LogP) is 3.53. The topological polar surface area (TPSA) is 33.6 Å². The van der Waals surface area contributed by atoms with E-state index in [2.05, 4.69) is 9.97 Å². The molecule has 3 nitrogen and oxygen atoms in total. The van der Waals surface area contributed by atoms with Gasteiger partial charge in [-0.2, -0.15) is 0 Å². The molecule has 0 amide bonds. The van der Waals surface area contributed by atoms with Gasteiger partial charge in [0.15, 0.2) is 10.4 Å². The van der Waals surface area contributed by atoms with Crippen LogP contribution in [0.2, 0.25) is 0 Å². The average Bonchev–Trinajstić information content (AvgIpc) is 2.66. The second-order valence-corrected chi connectivity index (χ2v) is 4.43. The minimum absolute atomic E-state index is 0.321. The molecule has 0 unspecified atom stereocenters. The van der Waals surface area contributed by atoms with Crippen molar-refractivity contribution in [3.63, 3.8) is 0 Å². The quantitative estimate of drug-likeness (QED) is 0.678. The summed E-state index contributed by atoms with van der Waals surface area (Å²) in [6.07, 6.45) is 0. The Balaban J connectivity index is 2.42. The van der Waals surface area contributed by atoms with Gasteiger partial charge in [-0.3, -0.25) is 4.57 Å². The Morgan fingerprint density at radius 3 is 2.78 bits per heavy atom. The molecular weight excluding hydrogens is 249 g/mol. The lowest BCUT2D eigenvalue weighted by atomic mass is 10.3. The molecule has 2 heterocycles. The van der Waals surface area contributed by atoms with Gasteiger partial charge in [-0.25, -0.2) is 9.37 Å². The van der Waals surface area contributed by atoms with Crippen LogP contribution in [0, 0.1) is 17.5 Å². The number of H-pyrrole nitrogens is 1. The number of halogens is 1. The SMILES string of the molecule is Cc1ccc2[nH]c(=S)n(-c3ccccc3F)c2n1. The summed E-state index contributed by atoms with van der Waals surface area (Å²) in [5.41, 5.74) is 2.72. The van der Waals surface area contributed by atoms with Gasteiger partial charge in [0.05, 0.1) is 11.2 Å². The van der Waals surface area contributed by atoms with Gasteiger partial charge in [-0.15, -0.1) is 0 Å². The zero-order valence-electron chi connectivity index (χ0n) is 9.64. The van der Waals surface area contributed by atoms with Crippen LogP contribution in [-0.4, -0.2) is 14.5 Å². The van der Waals surface area contributed by atoms with Gasteiger partial charge in [0.2, 0.25) is 0 Å². The molecule has 90 valence electrons. The highest BCUT2D eigenvalue weighted by atomic mass is 32.1. The lowest BCUT2D eigenvalue weighted by Crippen LogP contribution is -1.99. The van der Waals surface area contributed by atoms with Gasteiger partial charge in [0.1, 0.15) is 5.82 Å². The van der Waals surface area contributed by atoms with E-state index in [4.69, 9.17) is 12.2 Å². The maximum absolute atomic E-state index is 13.9. The summed E-state index contributed by atoms with van der Waals surface area (Å²) in [5, 5.41) is 0. The van der Waals surface area contributed by atoms with Crippen LogP contribution in [0.5, 0.6) is 0 Å². The minimum Gasteiger partial charge on any atom is -0.329 e. The van der Waals surface area contributed by atoms with E-state index < -0.39 is 0 Å². The molecule has 1 N–H and O–H groups in total. The molecule has 1 aromatic carbocycles. The largest absolute Gasteiger partial charge is 0.329 e. The van der Waals surface area contributed by atoms with Crippen molar-refractivity contribution in [3.8, 4) is 5.69 Å². The number of pyridine rings is 1. The molecule has 0 atom stereocenters. The first kappa shape index (κ1) is 11.1. The van der Waals surface area contributed by atoms with E-state index >= 15 is 0 Å². The van der Waals surface area contributed by atoms with Crippen LogP contribution < -0.4 is 0 Å². The smallest absolute Gasteiger partial charge is 0.184 e.